The number of aryl methyl sites for hydroxylation is 1. The second-order valence-corrected chi connectivity index (χ2v) is 5.12. The Bertz CT molecular complexity index is 593. The van der Waals surface area contributed by atoms with Crippen LogP contribution in [0.1, 0.15) is 37.4 Å². The summed E-state index contributed by atoms with van der Waals surface area (Å²) in [6.45, 7) is 5.99. The number of esters is 1. The molecule has 0 radical (unpaired) electrons. The van der Waals surface area contributed by atoms with E-state index >= 15 is 0 Å². The molecule has 5 nitrogen and oxygen atoms in total. The molecule has 2 amide bonds. The molecular formula is C16H20N2O3. The first kappa shape index (κ1) is 15.1. The molecule has 1 aromatic carbocycles. The van der Waals surface area contributed by atoms with Gasteiger partial charge in [-0.15, -0.1) is 0 Å². The van der Waals surface area contributed by atoms with Gasteiger partial charge in [-0.05, 0) is 25.8 Å². The molecule has 0 aliphatic carbocycles. The Balaban J connectivity index is 2.38. The van der Waals surface area contributed by atoms with E-state index < -0.39 is 12.0 Å². The van der Waals surface area contributed by atoms with Gasteiger partial charge >= 0.3 is 12.0 Å². The maximum atomic E-state index is 12.3. The number of carbonyl (C=O) groups is 2. The number of hydrogen-bond acceptors (Lipinski definition) is 3. The minimum atomic E-state index is -0.483. The normalized spacial score (nSPS) is 18.0. The summed E-state index contributed by atoms with van der Waals surface area (Å²) in [5.74, 6) is -0.395. The number of hydrogen-bond donors (Lipinski definition) is 2. The van der Waals surface area contributed by atoms with Gasteiger partial charge in [-0.25, -0.2) is 9.59 Å². The Morgan fingerprint density at radius 3 is 2.76 bits per heavy atom. The van der Waals surface area contributed by atoms with Crippen molar-refractivity contribution in [1.29, 1.82) is 0 Å². The molecule has 2 rings (SSSR count). The summed E-state index contributed by atoms with van der Waals surface area (Å²) in [6.07, 6.45) is 0.757. The lowest BCUT2D eigenvalue weighted by Gasteiger charge is -2.28. The molecule has 112 valence electrons. The number of allylic oxidation sites excluding steroid dienone is 1. The van der Waals surface area contributed by atoms with Crippen molar-refractivity contribution >= 4 is 12.0 Å². The molecule has 0 saturated carbocycles. The van der Waals surface area contributed by atoms with Crippen molar-refractivity contribution in [2.24, 2.45) is 0 Å². The van der Waals surface area contributed by atoms with Crippen LogP contribution in [0.15, 0.2) is 35.5 Å². The fourth-order valence-corrected chi connectivity index (χ4v) is 2.34. The number of amides is 2. The van der Waals surface area contributed by atoms with Crippen LogP contribution in [0.2, 0.25) is 0 Å². The van der Waals surface area contributed by atoms with Gasteiger partial charge in [0.25, 0.3) is 0 Å². The molecule has 0 spiro atoms. The number of rotatable bonds is 4. The first-order chi connectivity index (χ1) is 10.0. The van der Waals surface area contributed by atoms with Gasteiger partial charge in [0.2, 0.25) is 0 Å². The van der Waals surface area contributed by atoms with Gasteiger partial charge in [0.15, 0.2) is 0 Å². The van der Waals surface area contributed by atoms with E-state index in [0.717, 1.165) is 17.5 Å². The Kier molecular flexibility index (Phi) is 4.62. The van der Waals surface area contributed by atoms with E-state index in [9.17, 15) is 9.59 Å². The highest BCUT2D eigenvalue weighted by atomic mass is 16.5. The molecule has 0 aromatic heterocycles. The number of urea groups is 1. The van der Waals surface area contributed by atoms with Gasteiger partial charge < -0.3 is 15.4 Å². The highest BCUT2D eigenvalue weighted by molar-refractivity contribution is 5.95. The van der Waals surface area contributed by atoms with E-state index in [1.807, 2.05) is 38.1 Å². The fraction of sp³-hybridized carbons (Fsp3) is 0.375. The zero-order valence-electron chi connectivity index (χ0n) is 12.5. The predicted molar refractivity (Wildman–Crippen MR) is 79.5 cm³/mol. The van der Waals surface area contributed by atoms with Gasteiger partial charge in [0, 0.05) is 5.70 Å². The van der Waals surface area contributed by atoms with Crippen molar-refractivity contribution in [3.05, 3.63) is 46.7 Å². The minimum Gasteiger partial charge on any atom is -0.462 e. The quantitative estimate of drug-likeness (QED) is 0.837. The molecule has 1 aliphatic heterocycles. The average molecular weight is 288 g/mol. The largest absolute Gasteiger partial charge is 0.462 e. The first-order valence-corrected chi connectivity index (χ1v) is 7.05. The maximum Gasteiger partial charge on any atom is 0.338 e. The summed E-state index contributed by atoms with van der Waals surface area (Å²) in [5.41, 5.74) is 2.92. The molecule has 1 atom stereocenters. The molecule has 0 unspecified atom stereocenters. The number of nitrogens with one attached hydrogen (secondary N) is 2. The molecule has 0 bridgehead atoms. The Morgan fingerprint density at radius 2 is 2.10 bits per heavy atom. The van der Waals surface area contributed by atoms with Crippen LogP contribution in [0.25, 0.3) is 0 Å². The van der Waals surface area contributed by atoms with Gasteiger partial charge in [-0.1, -0.05) is 36.8 Å². The summed E-state index contributed by atoms with van der Waals surface area (Å²) >= 11 is 0. The van der Waals surface area contributed by atoms with Crippen molar-refractivity contribution in [1.82, 2.24) is 10.6 Å². The first-order valence-electron chi connectivity index (χ1n) is 7.05. The second-order valence-electron chi connectivity index (χ2n) is 5.12. The van der Waals surface area contributed by atoms with Gasteiger partial charge in [0.05, 0.1) is 18.2 Å². The monoisotopic (exact) mass is 288 g/mol. The van der Waals surface area contributed by atoms with Crippen LogP contribution < -0.4 is 10.6 Å². The minimum absolute atomic E-state index is 0.314. The topological polar surface area (TPSA) is 67.4 Å². The van der Waals surface area contributed by atoms with Crippen molar-refractivity contribution in [2.45, 2.75) is 33.2 Å². The van der Waals surface area contributed by atoms with Gasteiger partial charge in [-0.2, -0.15) is 0 Å². The lowest BCUT2D eigenvalue weighted by Crippen LogP contribution is -2.45. The predicted octanol–water partition coefficient (Wildman–Crippen LogP) is 2.58. The molecule has 1 aromatic rings. The molecule has 1 aliphatic rings. The summed E-state index contributed by atoms with van der Waals surface area (Å²) in [7, 11) is 0. The van der Waals surface area contributed by atoms with E-state index in [1.165, 1.54) is 0 Å². The van der Waals surface area contributed by atoms with E-state index in [2.05, 4.69) is 10.6 Å². The van der Waals surface area contributed by atoms with Crippen molar-refractivity contribution in [2.75, 3.05) is 6.61 Å². The SMILES string of the molecule is CCCOC(=O)C1=C(C)NC(=O)N[C@H]1c1cccc(C)c1. The summed E-state index contributed by atoms with van der Waals surface area (Å²) in [4.78, 5) is 24.0. The third-order valence-corrected chi connectivity index (χ3v) is 3.30. The lowest BCUT2D eigenvalue weighted by atomic mass is 9.94. The van der Waals surface area contributed by atoms with E-state index in [1.54, 1.807) is 6.92 Å². The Labute approximate surface area is 124 Å². The third kappa shape index (κ3) is 3.42. The van der Waals surface area contributed by atoms with E-state index in [4.69, 9.17) is 4.74 Å². The average Bonchev–Trinajstić information content (AvgIpc) is 2.44. The lowest BCUT2D eigenvalue weighted by molar-refractivity contribution is -0.139. The molecule has 5 heteroatoms. The molecule has 0 fully saturated rings. The van der Waals surface area contributed by atoms with Crippen LogP contribution in [-0.4, -0.2) is 18.6 Å². The van der Waals surface area contributed by atoms with Crippen LogP contribution in [0.3, 0.4) is 0 Å². The smallest absolute Gasteiger partial charge is 0.338 e. The molecule has 1 heterocycles. The van der Waals surface area contributed by atoms with Crippen LogP contribution in [0, 0.1) is 6.92 Å². The Morgan fingerprint density at radius 1 is 1.33 bits per heavy atom. The summed E-state index contributed by atoms with van der Waals surface area (Å²) < 4.78 is 5.23. The van der Waals surface area contributed by atoms with Crippen molar-refractivity contribution < 1.29 is 14.3 Å². The zero-order valence-corrected chi connectivity index (χ0v) is 12.5. The second kappa shape index (κ2) is 6.43. The number of benzene rings is 1. The van der Waals surface area contributed by atoms with Crippen LogP contribution >= 0.6 is 0 Å². The fourth-order valence-electron chi connectivity index (χ4n) is 2.34. The van der Waals surface area contributed by atoms with Crippen LogP contribution in [-0.2, 0) is 9.53 Å². The highest BCUT2D eigenvalue weighted by Crippen LogP contribution is 2.28. The van der Waals surface area contributed by atoms with Crippen molar-refractivity contribution in [3.8, 4) is 0 Å². The maximum absolute atomic E-state index is 12.3. The summed E-state index contributed by atoms with van der Waals surface area (Å²) in [6, 6.07) is 6.93. The number of carbonyl (C=O) groups excluding carboxylic acids is 2. The zero-order chi connectivity index (χ0) is 15.4. The molecular weight excluding hydrogens is 268 g/mol. The number of ether oxygens (including phenoxy) is 1. The summed E-state index contributed by atoms with van der Waals surface area (Å²) in [5, 5.41) is 5.42. The van der Waals surface area contributed by atoms with Crippen molar-refractivity contribution in [3.63, 3.8) is 0 Å². The van der Waals surface area contributed by atoms with E-state index in [0.29, 0.717) is 17.9 Å². The molecule has 2 N–H and O–H groups in total. The highest BCUT2D eigenvalue weighted by Gasteiger charge is 2.32. The molecule has 0 saturated heterocycles. The van der Waals surface area contributed by atoms with Gasteiger partial charge in [0.1, 0.15) is 0 Å². The van der Waals surface area contributed by atoms with E-state index in [-0.39, 0.29) is 6.03 Å². The standard InChI is InChI=1S/C16H20N2O3/c1-4-8-21-15(19)13-11(3)17-16(20)18-14(13)12-7-5-6-10(2)9-12/h5-7,9,14H,4,8H2,1-3H3,(H2,17,18,20)/t14-/m0/s1. The van der Waals surface area contributed by atoms with Crippen LogP contribution in [0.5, 0.6) is 0 Å². The third-order valence-electron chi connectivity index (χ3n) is 3.30. The molecule has 21 heavy (non-hydrogen) atoms. The van der Waals surface area contributed by atoms with Gasteiger partial charge in [-0.3, -0.25) is 0 Å². The van der Waals surface area contributed by atoms with Crippen LogP contribution in [0.4, 0.5) is 4.79 Å². The Hall–Kier alpha value is -2.30.